The first-order valence-electron chi connectivity index (χ1n) is 9.33. The number of allylic oxidation sites excluding steroid dienone is 1. The molecule has 0 nitrogen and oxygen atoms in total. The van der Waals surface area contributed by atoms with E-state index < -0.39 is 20.4 Å². The first-order chi connectivity index (χ1) is 12.2. The molecule has 0 radical (unpaired) electrons. The van der Waals surface area contributed by atoms with Gasteiger partial charge in [0.05, 0.1) is 8.80 Å². The lowest BCUT2D eigenvalue weighted by Gasteiger charge is -2.25. The first kappa shape index (κ1) is 18.1. The molecule has 0 aliphatic carbocycles. The van der Waals surface area contributed by atoms with Crippen molar-refractivity contribution in [3.05, 3.63) is 71.4 Å². The molecule has 2 aromatic rings. The van der Waals surface area contributed by atoms with Crippen molar-refractivity contribution in [1.29, 1.82) is 0 Å². The van der Waals surface area contributed by atoms with Gasteiger partial charge in [0.25, 0.3) is 0 Å². The standard InChI is InChI=1S/C22H26F2Si/c1-2-13-25-14-11-18(12-15-25)4-3-17-5-7-19(8-6-17)20-9-10-21(23)22(24)16-20/h2,5-10,13,16,18,25H,3-4,11-12,14-15H2,1H3/b13-2-. The molecule has 3 heteroatoms. The largest absolute Gasteiger partial charge is 0.204 e. The van der Waals surface area contributed by atoms with Crippen LogP contribution in [0.4, 0.5) is 8.78 Å². The van der Waals surface area contributed by atoms with Crippen LogP contribution in [0.2, 0.25) is 12.1 Å². The Hall–Kier alpha value is -1.74. The summed E-state index contributed by atoms with van der Waals surface area (Å²) in [5.41, 5.74) is 5.48. The molecule has 0 N–H and O–H groups in total. The van der Waals surface area contributed by atoms with Gasteiger partial charge in [-0.25, -0.2) is 8.78 Å². The minimum Gasteiger partial charge on any atom is -0.204 e. The molecule has 1 aliphatic rings. The maximum Gasteiger partial charge on any atom is 0.159 e. The highest BCUT2D eigenvalue weighted by Crippen LogP contribution is 2.29. The highest BCUT2D eigenvalue weighted by molar-refractivity contribution is 6.64. The maximum absolute atomic E-state index is 13.4. The van der Waals surface area contributed by atoms with Crippen LogP contribution in [0.1, 0.15) is 31.7 Å². The van der Waals surface area contributed by atoms with Crippen LogP contribution < -0.4 is 0 Å². The van der Waals surface area contributed by atoms with E-state index in [0.717, 1.165) is 23.5 Å². The van der Waals surface area contributed by atoms with E-state index >= 15 is 0 Å². The molecule has 1 aliphatic heterocycles. The molecular weight excluding hydrogens is 330 g/mol. The van der Waals surface area contributed by atoms with Crippen LogP contribution in [0.3, 0.4) is 0 Å². The molecular formula is C22H26F2Si. The second-order valence-electron chi connectivity index (χ2n) is 7.17. The molecule has 0 bridgehead atoms. The van der Waals surface area contributed by atoms with Gasteiger partial charge in [-0.1, -0.05) is 61.3 Å². The number of rotatable bonds is 5. The monoisotopic (exact) mass is 356 g/mol. The Bertz CT molecular complexity index is 713. The van der Waals surface area contributed by atoms with E-state index in [-0.39, 0.29) is 0 Å². The van der Waals surface area contributed by atoms with Gasteiger partial charge in [-0.2, -0.15) is 0 Å². The van der Waals surface area contributed by atoms with Crippen LogP contribution >= 0.6 is 0 Å². The summed E-state index contributed by atoms with van der Waals surface area (Å²) >= 11 is 0. The Morgan fingerprint density at radius 3 is 2.28 bits per heavy atom. The van der Waals surface area contributed by atoms with Crippen molar-refractivity contribution in [3.63, 3.8) is 0 Å². The van der Waals surface area contributed by atoms with E-state index in [0.29, 0.717) is 0 Å². The van der Waals surface area contributed by atoms with Gasteiger partial charge in [-0.15, -0.1) is 5.70 Å². The van der Waals surface area contributed by atoms with Gasteiger partial charge in [-0.3, -0.25) is 0 Å². The smallest absolute Gasteiger partial charge is 0.159 e. The summed E-state index contributed by atoms with van der Waals surface area (Å²) in [4.78, 5) is 0. The summed E-state index contributed by atoms with van der Waals surface area (Å²) in [7, 11) is -0.551. The Kier molecular flexibility index (Phi) is 6.19. The summed E-state index contributed by atoms with van der Waals surface area (Å²) in [6.45, 7) is 2.14. The molecule has 0 amide bonds. The average Bonchev–Trinajstić information content (AvgIpc) is 2.64. The Morgan fingerprint density at radius 1 is 0.960 bits per heavy atom. The summed E-state index contributed by atoms with van der Waals surface area (Å²) < 4.78 is 26.4. The highest BCUT2D eigenvalue weighted by atomic mass is 28.3. The van der Waals surface area contributed by atoms with Gasteiger partial charge >= 0.3 is 0 Å². The fraction of sp³-hybridized carbons (Fsp3) is 0.364. The van der Waals surface area contributed by atoms with Gasteiger partial charge in [0, 0.05) is 0 Å². The van der Waals surface area contributed by atoms with Crippen molar-refractivity contribution < 1.29 is 8.78 Å². The van der Waals surface area contributed by atoms with Gasteiger partial charge in [-0.05, 0) is 54.5 Å². The zero-order valence-corrected chi connectivity index (χ0v) is 16.0. The van der Waals surface area contributed by atoms with Crippen LogP contribution in [0, 0.1) is 17.6 Å². The van der Waals surface area contributed by atoms with Crippen LogP contribution in [-0.2, 0) is 6.42 Å². The Labute approximate surface area is 151 Å². The zero-order valence-electron chi connectivity index (χ0n) is 14.8. The average molecular weight is 357 g/mol. The molecule has 25 heavy (non-hydrogen) atoms. The van der Waals surface area contributed by atoms with Crippen LogP contribution in [0.15, 0.2) is 54.2 Å². The number of hydrogen-bond acceptors (Lipinski definition) is 0. The molecule has 1 heterocycles. The van der Waals surface area contributed by atoms with E-state index in [9.17, 15) is 8.78 Å². The summed E-state index contributed by atoms with van der Waals surface area (Å²) in [6.07, 6.45) is 7.41. The lowest BCUT2D eigenvalue weighted by molar-refractivity contribution is 0.439. The number of benzene rings is 2. The van der Waals surface area contributed by atoms with Crippen molar-refractivity contribution in [2.24, 2.45) is 5.92 Å². The minimum absolute atomic E-state index is 0.551. The molecule has 0 unspecified atom stereocenters. The number of hydrogen-bond donors (Lipinski definition) is 0. The number of halogens is 2. The van der Waals surface area contributed by atoms with E-state index in [1.54, 1.807) is 6.07 Å². The SMILES string of the molecule is C/C=C\[SiH]1CCC(CCc2ccc(-c3ccc(F)c(F)c3)cc2)CC1. The van der Waals surface area contributed by atoms with Crippen molar-refractivity contribution >= 4 is 8.80 Å². The van der Waals surface area contributed by atoms with Crippen LogP contribution in [0.5, 0.6) is 0 Å². The van der Waals surface area contributed by atoms with Gasteiger partial charge < -0.3 is 0 Å². The van der Waals surface area contributed by atoms with E-state index in [1.165, 1.54) is 49.0 Å². The molecule has 1 saturated heterocycles. The minimum atomic E-state index is -0.799. The van der Waals surface area contributed by atoms with E-state index in [1.807, 2.05) is 12.1 Å². The molecule has 132 valence electrons. The number of aryl methyl sites for hydroxylation is 1. The molecule has 0 saturated carbocycles. The molecule has 0 atom stereocenters. The third kappa shape index (κ3) is 4.88. The maximum atomic E-state index is 13.4. The summed E-state index contributed by atoms with van der Waals surface area (Å²) in [6, 6.07) is 15.3. The molecule has 0 spiro atoms. The van der Waals surface area contributed by atoms with Crippen molar-refractivity contribution in [3.8, 4) is 11.1 Å². The highest BCUT2D eigenvalue weighted by Gasteiger charge is 2.20. The van der Waals surface area contributed by atoms with Gasteiger partial charge in [0.15, 0.2) is 11.6 Å². The van der Waals surface area contributed by atoms with Crippen molar-refractivity contribution in [2.45, 2.75) is 44.7 Å². The lowest BCUT2D eigenvalue weighted by Crippen LogP contribution is -2.19. The normalized spacial score (nSPS) is 20.9. The fourth-order valence-electron chi connectivity index (χ4n) is 3.85. The zero-order chi connectivity index (χ0) is 17.6. The predicted molar refractivity (Wildman–Crippen MR) is 104 cm³/mol. The molecule has 3 rings (SSSR count). The summed E-state index contributed by atoms with van der Waals surface area (Å²) in [5, 5.41) is 0. The quantitative estimate of drug-likeness (QED) is 0.550. The van der Waals surface area contributed by atoms with Gasteiger partial charge in [0.1, 0.15) is 0 Å². The molecule has 2 aromatic carbocycles. The molecule has 1 fully saturated rings. The molecule has 0 aromatic heterocycles. The van der Waals surface area contributed by atoms with E-state index in [2.05, 4.69) is 30.8 Å². The lowest BCUT2D eigenvalue weighted by atomic mass is 9.93. The third-order valence-corrected chi connectivity index (χ3v) is 8.48. The van der Waals surface area contributed by atoms with Crippen molar-refractivity contribution in [1.82, 2.24) is 0 Å². The topological polar surface area (TPSA) is 0 Å². The van der Waals surface area contributed by atoms with E-state index in [4.69, 9.17) is 0 Å². The second-order valence-corrected chi connectivity index (χ2v) is 10.2. The fourth-order valence-corrected chi connectivity index (χ4v) is 6.87. The van der Waals surface area contributed by atoms with Gasteiger partial charge in [0.2, 0.25) is 0 Å². The van der Waals surface area contributed by atoms with Crippen LogP contribution in [0.25, 0.3) is 11.1 Å². The van der Waals surface area contributed by atoms with Crippen LogP contribution in [-0.4, -0.2) is 8.80 Å². The predicted octanol–water partition coefficient (Wildman–Crippen LogP) is 6.32. The first-order valence-corrected chi connectivity index (χ1v) is 11.6. The second kappa shape index (κ2) is 8.57. The Balaban J connectivity index is 1.54. The van der Waals surface area contributed by atoms with Crippen molar-refractivity contribution in [2.75, 3.05) is 0 Å². The Morgan fingerprint density at radius 2 is 1.64 bits per heavy atom. The summed E-state index contributed by atoms with van der Waals surface area (Å²) in [5.74, 6) is -0.717. The third-order valence-electron chi connectivity index (χ3n) is 5.40.